The summed E-state index contributed by atoms with van der Waals surface area (Å²) in [4.78, 5) is 0. The van der Waals surface area contributed by atoms with Crippen molar-refractivity contribution in [3.8, 4) is 6.07 Å². The molecule has 1 aliphatic heterocycles. The van der Waals surface area contributed by atoms with Crippen molar-refractivity contribution >= 4 is 0 Å². The van der Waals surface area contributed by atoms with Gasteiger partial charge >= 0.3 is 0 Å². The second-order valence-corrected chi connectivity index (χ2v) is 2.41. The minimum Gasteiger partial charge on any atom is -0.350 e. The molecule has 1 fully saturated rings. The average molecular weight is 141 g/mol. The zero-order chi connectivity index (χ0) is 7.40. The molecule has 1 heterocycles. The smallest absolute Gasteiger partial charge is 0.159 e. The van der Waals surface area contributed by atoms with Crippen molar-refractivity contribution in [1.82, 2.24) is 0 Å². The summed E-state index contributed by atoms with van der Waals surface area (Å²) in [6.45, 7) is 2.63. The van der Waals surface area contributed by atoms with Crippen molar-refractivity contribution in [2.24, 2.45) is 0 Å². The first-order valence-electron chi connectivity index (χ1n) is 3.47. The van der Waals surface area contributed by atoms with Crippen LogP contribution in [0.5, 0.6) is 0 Å². The highest BCUT2D eigenvalue weighted by molar-refractivity contribution is 4.71. The largest absolute Gasteiger partial charge is 0.350 e. The minimum atomic E-state index is -0.130. The van der Waals surface area contributed by atoms with Gasteiger partial charge in [-0.1, -0.05) is 0 Å². The van der Waals surface area contributed by atoms with Crippen LogP contribution in [0.3, 0.4) is 0 Å². The van der Waals surface area contributed by atoms with Crippen molar-refractivity contribution < 1.29 is 9.47 Å². The molecular weight excluding hydrogens is 130 g/mol. The Balaban J connectivity index is 2.14. The third-order valence-electron chi connectivity index (χ3n) is 1.39. The first-order chi connectivity index (χ1) is 4.83. The van der Waals surface area contributed by atoms with Crippen molar-refractivity contribution in [3.05, 3.63) is 0 Å². The SMILES string of the molecule is CC1COC(CCC#N)O1. The fourth-order valence-electron chi connectivity index (χ4n) is 0.914. The molecule has 0 saturated carbocycles. The lowest BCUT2D eigenvalue weighted by Crippen LogP contribution is -2.08. The van der Waals surface area contributed by atoms with Crippen molar-refractivity contribution in [3.63, 3.8) is 0 Å². The number of nitrogens with zero attached hydrogens (tertiary/aromatic N) is 1. The van der Waals surface area contributed by atoms with Crippen LogP contribution in [0.1, 0.15) is 19.8 Å². The van der Waals surface area contributed by atoms with Crippen LogP contribution in [0.2, 0.25) is 0 Å². The number of hydrogen-bond acceptors (Lipinski definition) is 3. The number of hydrogen-bond donors (Lipinski definition) is 0. The van der Waals surface area contributed by atoms with E-state index in [0.717, 1.165) is 0 Å². The monoisotopic (exact) mass is 141 g/mol. The first kappa shape index (κ1) is 7.52. The third-order valence-corrected chi connectivity index (χ3v) is 1.39. The molecule has 3 heteroatoms. The maximum atomic E-state index is 8.23. The van der Waals surface area contributed by atoms with Crippen LogP contribution in [0.15, 0.2) is 0 Å². The normalized spacial score (nSPS) is 32.0. The molecule has 1 saturated heterocycles. The van der Waals surface area contributed by atoms with E-state index in [4.69, 9.17) is 14.7 Å². The average Bonchev–Trinajstić information content (AvgIpc) is 2.31. The van der Waals surface area contributed by atoms with Gasteiger partial charge in [-0.2, -0.15) is 5.26 Å². The van der Waals surface area contributed by atoms with Gasteiger partial charge in [-0.3, -0.25) is 0 Å². The van der Waals surface area contributed by atoms with Gasteiger partial charge in [0.05, 0.1) is 18.8 Å². The van der Waals surface area contributed by atoms with Crippen LogP contribution in [0.25, 0.3) is 0 Å². The summed E-state index contributed by atoms with van der Waals surface area (Å²) in [6.07, 6.45) is 1.27. The Morgan fingerprint density at radius 1 is 1.70 bits per heavy atom. The van der Waals surface area contributed by atoms with Crippen LogP contribution < -0.4 is 0 Å². The highest BCUT2D eigenvalue weighted by Gasteiger charge is 2.21. The topological polar surface area (TPSA) is 42.2 Å². The van der Waals surface area contributed by atoms with Gasteiger partial charge in [0.25, 0.3) is 0 Å². The number of ether oxygens (including phenoxy) is 2. The summed E-state index contributed by atoms with van der Waals surface area (Å²) in [5.41, 5.74) is 0. The first-order valence-corrected chi connectivity index (χ1v) is 3.47. The van der Waals surface area contributed by atoms with E-state index in [-0.39, 0.29) is 12.4 Å². The molecule has 0 aromatic rings. The maximum Gasteiger partial charge on any atom is 0.159 e. The standard InChI is InChI=1S/C7H11NO2/c1-6-5-9-7(10-6)3-2-4-8/h6-7H,2-3,5H2,1H3. The highest BCUT2D eigenvalue weighted by Crippen LogP contribution is 2.14. The Hall–Kier alpha value is -0.590. The Labute approximate surface area is 60.5 Å². The lowest BCUT2D eigenvalue weighted by atomic mass is 10.3. The fraction of sp³-hybridized carbons (Fsp3) is 0.857. The second kappa shape index (κ2) is 3.55. The van der Waals surface area contributed by atoms with Gasteiger partial charge in [0, 0.05) is 12.8 Å². The van der Waals surface area contributed by atoms with E-state index in [0.29, 0.717) is 19.4 Å². The van der Waals surface area contributed by atoms with Gasteiger partial charge in [0.2, 0.25) is 0 Å². The molecule has 0 aromatic heterocycles. The van der Waals surface area contributed by atoms with Crippen molar-refractivity contribution in [2.45, 2.75) is 32.2 Å². The number of rotatable bonds is 2. The molecule has 1 rings (SSSR count). The van der Waals surface area contributed by atoms with Crippen LogP contribution in [-0.2, 0) is 9.47 Å². The van der Waals surface area contributed by atoms with Crippen molar-refractivity contribution in [2.75, 3.05) is 6.61 Å². The van der Waals surface area contributed by atoms with E-state index >= 15 is 0 Å². The minimum absolute atomic E-state index is 0.130. The molecule has 56 valence electrons. The van der Waals surface area contributed by atoms with E-state index in [1.165, 1.54) is 0 Å². The molecule has 0 aromatic carbocycles. The van der Waals surface area contributed by atoms with E-state index in [9.17, 15) is 0 Å². The summed E-state index contributed by atoms with van der Waals surface area (Å²) in [6, 6.07) is 2.05. The highest BCUT2D eigenvalue weighted by atomic mass is 16.7. The van der Waals surface area contributed by atoms with E-state index in [2.05, 4.69) is 0 Å². The quantitative estimate of drug-likeness (QED) is 0.577. The third kappa shape index (κ3) is 1.98. The predicted octanol–water partition coefficient (Wildman–Crippen LogP) is 1.05. The fourth-order valence-corrected chi connectivity index (χ4v) is 0.914. The summed E-state index contributed by atoms with van der Waals surface area (Å²) in [5, 5.41) is 8.23. The second-order valence-electron chi connectivity index (χ2n) is 2.41. The molecule has 0 aliphatic carbocycles. The summed E-state index contributed by atoms with van der Waals surface area (Å²) in [7, 11) is 0. The lowest BCUT2D eigenvalue weighted by Gasteiger charge is -2.05. The Morgan fingerprint density at radius 3 is 3.00 bits per heavy atom. The molecule has 1 aliphatic rings. The molecule has 2 atom stereocenters. The van der Waals surface area contributed by atoms with Gasteiger partial charge in [-0.15, -0.1) is 0 Å². The Morgan fingerprint density at radius 2 is 2.50 bits per heavy atom. The van der Waals surface area contributed by atoms with Gasteiger partial charge < -0.3 is 9.47 Å². The van der Waals surface area contributed by atoms with Crippen LogP contribution in [-0.4, -0.2) is 19.0 Å². The maximum absolute atomic E-state index is 8.23. The Kier molecular flexibility index (Phi) is 2.67. The van der Waals surface area contributed by atoms with E-state index in [1.54, 1.807) is 0 Å². The molecule has 2 unspecified atom stereocenters. The van der Waals surface area contributed by atoms with Gasteiger partial charge in [0.1, 0.15) is 0 Å². The van der Waals surface area contributed by atoms with E-state index < -0.39 is 0 Å². The molecule has 0 spiro atoms. The Bertz CT molecular complexity index is 141. The summed E-state index contributed by atoms with van der Waals surface area (Å²) >= 11 is 0. The van der Waals surface area contributed by atoms with Crippen LogP contribution in [0, 0.1) is 11.3 Å². The van der Waals surface area contributed by atoms with Crippen LogP contribution >= 0.6 is 0 Å². The van der Waals surface area contributed by atoms with Crippen molar-refractivity contribution in [1.29, 1.82) is 5.26 Å². The van der Waals surface area contributed by atoms with Gasteiger partial charge in [0.15, 0.2) is 6.29 Å². The zero-order valence-electron chi connectivity index (χ0n) is 6.04. The molecule has 0 radical (unpaired) electrons. The molecule has 0 amide bonds. The molecule has 0 bridgehead atoms. The lowest BCUT2D eigenvalue weighted by molar-refractivity contribution is -0.0580. The van der Waals surface area contributed by atoms with Gasteiger partial charge in [-0.05, 0) is 6.92 Å². The molecule has 0 N–H and O–H groups in total. The zero-order valence-corrected chi connectivity index (χ0v) is 6.04. The van der Waals surface area contributed by atoms with Crippen LogP contribution in [0.4, 0.5) is 0 Å². The van der Waals surface area contributed by atoms with E-state index in [1.807, 2.05) is 13.0 Å². The molecular formula is C7H11NO2. The van der Waals surface area contributed by atoms with Gasteiger partial charge in [-0.25, -0.2) is 0 Å². The molecule has 10 heavy (non-hydrogen) atoms. The number of nitriles is 1. The summed E-state index contributed by atoms with van der Waals surface area (Å²) in [5.74, 6) is 0. The predicted molar refractivity (Wildman–Crippen MR) is 35.1 cm³/mol. The molecule has 3 nitrogen and oxygen atoms in total. The summed E-state index contributed by atoms with van der Waals surface area (Å²) < 4.78 is 10.5.